The third kappa shape index (κ3) is 3.91. The number of ether oxygens (including phenoxy) is 1. The first-order chi connectivity index (χ1) is 9.17. The molecule has 3 nitrogen and oxygen atoms in total. The number of pyridine rings is 1. The molecule has 0 aliphatic rings. The summed E-state index contributed by atoms with van der Waals surface area (Å²) in [4.78, 5) is 4.13. The number of anilines is 1. The Morgan fingerprint density at radius 2 is 1.89 bits per heavy atom. The molecule has 0 amide bonds. The molecule has 0 unspecified atom stereocenters. The third-order valence-corrected chi connectivity index (χ3v) is 2.42. The van der Waals surface area contributed by atoms with E-state index in [2.05, 4.69) is 10.3 Å². The topological polar surface area (TPSA) is 34.1 Å². The zero-order chi connectivity index (χ0) is 13.7. The summed E-state index contributed by atoms with van der Waals surface area (Å²) in [7, 11) is 0. The summed E-state index contributed by atoms with van der Waals surface area (Å²) in [6.07, 6.45) is 1.66. The van der Waals surface area contributed by atoms with Gasteiger partial charge in [-0.25, -0.2) is 13.8 Å². The number of benzene rings is 1. The summed E-state index contributed by atoms with van der Waals surface area (Å²) < 4.78 is 31.3. The van der Waals surface area contributed by atoms with Gasteiger partial charge in [0.15, 0.2) is 0 Å². The summed E-state index contributed by atoms with van der Waals surface area (Å²) in [5, 5.41) is 3.08. The Labute approximate surface area is 110 Å². The summed E-state index contributed by atoms with van der Waals surface area (Å²) in [5.41, 5.74) is 0.871. The van der Waals surface area contributed by atoms with Crippen molar-refractivity contribution in [1.82, 2.24) is 4.98 Å². The van der Waals surface area contributed by atoms with Crippen LogP contribution in [0.25, 0.3) is 0 Å². The second kappa shape index (κ2) is 6.13. The van der Waals surface area contributed by atoms with Crippen LogP contribution in [0, 0.1) is 11.6 Å². The Hall–Kier alpha value is -2.17. The normalized spacial score (nSPS) is 10.3. The van der Waals surface area contributed by atoms with Gasteiger partial charge in [-0.1, -0.05) is 0 Å². The highest BCUT2D eigenvalue weighted by Gasteiger charge is 2.02. The van der Waals surface area contributed by atoms with E-state index in [-0.39, 0.29) is 12.4 Å². The first-order valence-corrected chi connectivity index (χ1v) is 5.95. The first kappa shape index (κ1) is 13.3. The Morgan fingerprint density at radius 3 is 2.58 bits per heavy atom. The molecule has 1 aromatic heterocycles. The van der Waals surface area contributed by atoms with Crippen molar-refractivity contribution < 1.29 is 13.5 Å². The molecular formula is C14H14F2N2O. The van der Waals surface area contributed by atoms with Crippen molar-refractivity contribution >= 4 is 5.82 Å². The maximum Gasteiger partial charge on any atom is 0.129 e. The van der Waals surface area contributed by atoms with E-state index in [0.717, 1.165) is 36.1 Å². The zero-order valence-electron chi connectivity index (χ0n) is 10.5. The number of nitrogens with zero attached hydrogens (tertiary/aromatic N) is 1. The predicted octanol–water partition coefficient (Wildman–Crippen LogP) is 3.37. The second-order valence-electron chi connectivity index (χ2n) is 3.97. The molecule has 2 rings (SSSR count). The molecule has 5 heteroatoms. The van der Waals surface area contributed by atoms with E-state index in [1.54, 1.807) is 12.3 Å². The Bertz CT molecular complexity index is 541. The van der Waals surface area contributed by atoms with E-state index >= 15 is 0 Å². The lowest BCUT2D eigenvalue weighted by atomic mass is 10.2. The van der Waals surface area contributed by atoms with Gasteiger partial charge < -0.3 is 10.1 Å². The SMILES string of the molecule is CCNc1cc(COc2cc(F)cc(F)c2)ccn1. The molecular weight excluding hydrogens is 250 g/mol. The molecule has 0 radical (unpaired) electrons. The van der Waals surface area contributed by atoms with Crippen LogP contribution in [0.4, 0.5) is 14.6 Å². The molecule has 0 saturated carbocycles. The minimum Gasteiger partial charge on any atom is -0.489 e. The lowest BCUT2D eigenvalue weighted by Crippen LogP contribution is -2.01. The van der Waals surface area contributed by atoms with E-state index in [1.165, 1.54) is 0 Å². The minimum atomic E-state index is -0.655. The van der Waals surface area contributed by atoms with Gasteiger partial charge >= 0.3 is 0 Å². The van der Waals surface area contributed by atoms with Crippen LogP contribution >= 0.6 is 0 Å². The first-order valence-electron chi connectivity index (χ1n) is 5.95. The molecule has 0 bridgehead atoms. The summed E-state index contributed by atoms with van der Waals surface area (Å²) in [6.45, 7) is 2.97. The van der Waals surface area contributed by atoms with E-state index < -0.39 is 11.6 Å². The van der Waals surface area contributed by atoms with Crippen LogP contribution in [0.1, 0.15) is 12.5 Å². The fraction of sp³-hybridized carbons (Fsp3) is 0.214. The van der Waals surface area contributed by atoms with Crippen molar-refractivity contribution in [2.75, 3.05) is 11.9 Å². The summed E-state index contributed by atoms with van der Waals surface area (Å²) in [6, 6.07) is 6.73. The quantitative estimate of drug-likeness (QED) is 0.899. The highest BCUT2D eigenvalue weighted by atomic mass is 19.1. The van der Waals surface area contributed by atoms with Crippen molar-refractivity contribution in [3.63, 3.8) is 0 Å². The van der Waals surface area contributed by atoms with Crippen molar-refractivity contribution in [2.45, 2.75) is 13.5 Å². The molecule has 0 fully saturated rings. The van der Waals surface area contributed by atoms with Gasteiger partial charge in [0, 0.05) is 30.9 Å². The molecule has 0 saturated heterocycles. The molecule has 0 spiro atoms. The number of hydrogen-bond acceptors (Lipinski definition) is 3. The van der Waals surface area contributed by atoms with Gasteiger partial charge in [0.25, 0.3) is 0 Å². The molecule has 1 heterocycles. The van der Waals surface area contributed by atoms with Crippen molar-refractivity contribution in [3.8, 4) is 5.75 Å². The Morgan fingerprint density at radius 1 is 1.16 bits per heavy atom. The highest BCUT2D eigenvalue weighted by molar-refractivity contribution is 5.37. The van der Waals surface area contributed by atoms with Gasteiger partial charge in [-0.15, -0.1) is 0 Å². The van der Waals surface area contributed by atoms with E-state index in [4.69, 9.17) is 4.74 Å². The smallest absolute Gasteiger partial charge is 0.129 e. The monoisotopic (exact) mass is 264 g/mol. The zero-order valence-corrected chi connectivity index (χ0v) is 10.5. The molecule has 0 aliphatic carbocycles. The molecule has 19 heavy (non-hydrogen) atoms. The van der Waals surface area contributed by atoms with E-state index in [1.807, 2.05) is 13.0 Å². The van der Waals surface area contributed by atoms with Gasteiger partial charge in [0.1, 0.15) is 29.8 Å². The Balaban J connectivity index is 2.03. The number of halogens is 2. The standard InChI is InChI=1S/C14H14F2N2O/c1-2-17-14-5-10(3-4-18-14)9-19-13-7-11(15)6-12(16)8-13/h3-8H,2,9H2,1H3,(H,17,18). The van der Waals surface area contributed by atoms with Crippen molar-refractivity contribution in [3.05, 3.63) is 53.7 Å². The molecule has 0 atom stereocenters. The third-order valence-electron chi connectivity index (χ3n) is 2.42. The van der Waals surface area contributed by atoms with Crippen molar-refractivity contribution in [1.29, 1.82) is 0 Å². The van der Waals surface area contributed by atoms with Gasteiger partial charge in [-0.3, -0.25) is 0 Å². The van der Waals surface area contributed by atoms with Gasteiger partial charge in [-0.05, 0) is 24.6 Å². The summed E-state index contributed by atoms with van der Waals surface area (Å²) in [5.74, 6) is -0.399. The molecule has 1 aromatic carbocycles. The largest absolute Gasteiger partial charge is 0.489 e. The van der Waals surface area contributed by atoms with Gasteiger partial charge in [-0.2, -0.15) is 0 Å². The number of hydrogen-bond donors (Lipinski definition) is 1. The fourth-order valence-electron chi connectivity index (χ4n) is 1.62. The van der Waals surface area contributed by atoms with Crippen LogP contribution in [0.5, 0.6) is 5.75 Å². The van der Waals surface area contributed by atoms with Crippen LogP contribution in [-0.2, 0) is 6.61 Å². The van der Waals surface area contributed by atoms with Crippen LogP contribution in [0.3, 0.4) is 0 Å². The van der Waals surface area contributed by atoms with Crippen LogP contribution in [0.15, 0.2) is 36.5 Å². The lowest BCUT2D eigenvalue weighted by Gasteiger charge is -2.08. The lowest BCUT2D eigenvalue weighted by molar-refractivity contribution is 0.302. The van der Waals surface area contributed by atoms with Crippen LogP contribution in [-0.4, -0.2) is 11.5 Å². The van der Waals surface area contributed by atoms with Gasteiger partial charge in [0.05, 0.1) is 0 Å². The second-order valence-corrected chi connectivity index (χ2v) is 3.97. The highest BCUT2D eigenvalue weighted by Crippen LogP contribution is 2.17. The molecule has 2 aromatic rings. The maximum atomic E-state index is 13.0. The van der Waals surface area contributed by atoms with E-state index in [0.29, 0.717) is 0 Å². The van der Waals surface area contributed by atoms with Crippen LogP contribution < -0.4 is 10.1 Å². The average Bonchev–Trinajstić information content (AvgIpc) is 2.36. The van der Waals surface area contributed by atoms with Crippen molar-refractivity contribution in [2.24, 2.45) is 0 Å². The number of rotatable bonds is 5. The predicted molar refractivity (Wildman–Crippen MR) is 69.1 cm³/mol. The summed E-state index contributed by atoms with van der Waals surface area (Å²) >= 11 is 0. The van der Waals surface area contributed by atoms with Gasteiger partial charge in [0.2, 0.25) is 0 Å². The fourth-order valence-corrected chi connectivity index (χ4v) is 1.62. The minimum absolute atomic E-state index is 0.166. The Kier molecular flexibility index (Phi) is 4.28. The van der Waals surface area contributed by atoms with E-state index in [9.17, 15) is 8.78 Å². The average molecular weight is 264 g/mol. The molecule has 1 N–H and O–H groups in total. The molecule has 0 aliphatic heterocycles. The number of aromatic nitrogens is 1. The molecule has 100 valence electrons. The number of nitrogens with one attached hydrogen (secondary N) is 1. The van der Waals surface area contributed by atoms with Crippen LogP contribution in [0.2, 0.25) is 0 Å². The maximum absolute atomic E-state index is 13.0.